The Labute approximate surface area is 202 Å². The van der Waals surface area contributed by atoms with Crippen LogP contribution in [0.4, 0.5) is 0 Å². The SMILES string of the molecule is CN[C@@H](C)C(=O)N[C@H]1C[C@@H](OC)CC[C@H]2CC[C@@H](C(=O)N[C@@H]3CCCc4ccccc43)N2C1=O. The average Bonchev–Trinajstić information content (AvgIpc) is 3.27. The first-order valence-corrected chi connectivity index (χ1v) is 12.6. The Kier molecular flexibility index (Phi) is 7.88. The number of likely N-dealkylation sites (N-methyl/N-ethyl adjacent to an activating group) is 1. The van der Waals surface area contributed by atoms with Gasteiger partial charge in [0, 0.05) is 19.6 Å². The number of nitrogens with one attached hydrogen (secondary N) is 3. The van der Waals surface area contributed by atoms with Crippen molar-refractivity contribution in [2.75, 3.05) is 14.2 Å². The van der Waals surface area contributed by atoms with Gasteiger partial charge in [-0.3, -0.25) is 14.4 Å². The number of hydrogen-bond donors (Lipinski definition) is 3. The van der Waals surface area contributed by atoms with Crippen LogP contribution in [0.15, 0.2) is 24.3 Å². The van der Waals surface area contributed by atoms with Gasteiger partial charge in [-0.2, -0.15) is 0 Å². The summed E-state index contributed by atoms with van der Waals surface area (Å²) in [6, 6.07) is 6.62. The molecule has 3 amide bonds. The van der Waals surface area contributed by atoms with E-state index in [0.29, 0.717) is 12.8 Å². The van der Waals surface area contributed by atoms with Gasteiger partial charge in [0.05, 0.1) is 18.2 Å². The highest BCUT2D eigenvalue weighted by Crippen LogP contribution is 2.34. The third-order valence-electron chi connectivity index (χ3n) is 7.84. The number of carbonyl (C=O) groups excluding carboxylic acids is 3. The van der Waals surface area contributed by atoms with Crippen LogP contribution in [0.5, 0.6) is 0 Å². The lowest BCUT2D eigenvalue weighted by Gasteiger charge is -2.38. The highest BCUT2D eigenvalue weighted by molar-refractivity contribution is 5.94. The van der Waals surface area contributed by atoms with Gasteiger partial charge in [-0.05, 0) is 70.0 Å². The third kappa shape index (κ3) is 5.13. The molecular formula is C26H38N4O4. The van der Waals surface area contributed by atoms with Gasteiger partial charge in [0.25, 0.3) is 0 Å². The lowest BCUT2D eigenvalue weighted by atomic mass is 9.87. The number of fused-ring (bicyclic) bond motifs is 2. The minimum Gasteiger partial charge on any atom is -0.381 e. The van der Waals surface area contributed by atoms with Crippen LogP contribution in [0.25, 0.3) is 0 Å². The molecule has 0 unspecified atom stereocenters. The molecule has 0 saturated carbocycles. The first-order valence-electron chi connectivity index (χ1n) is 12.6. The molecule has 0 bridgehead atoms. The summed E-state index contributed by atoms with van der Waals surface area (Å²) in [5.74, 6) is -0.493. The lowest BCUT2D eigenvalue weighted by molar-refractivity contribution is -0.146. The number of amides is 3. The number of benzene rings is 1. The van der Waals surface area contributed by atoms with E-state index < -0.39 is 18.1 Å². The lowest BCUT2D eigenvalue weighted by Crippen LogP contribution is -2.59. The van der Waals surface area contributed by atoms with Gasteiger partial charge in [0.1, 0.15) is 12.1 Å². The molecule has 0 aromatic heterocycles. The molecule has 8 heteroatoms. The maximum atomic E-state index is 13.7. The summed E-state index contributed by atoms with van der Waals surface area (Å²) >= 11 is 0. The second-order valence-electron chi connectivity index (χ2n) is 9.89. The van der Waals surface area contributed by atoms with Crippen molar-refractivity contribution < 1.29 is 19.1 Å². The number of rotatable bonds is 6. The fraction of sp³-hybridized carbons (Fsp3) is 0.654. The Balaban J connectivity index is 1.52. The van der Waals surface area contributed by atoms with E-state index in [1.165, 1.54) is 11.1 Å². The van der Waals surface area contributed by atoms with E-state index in [0.717, 1.165) is 38.5 Å². The Bertz CT molecular complexity index is 907. The predicted molar refractivity (Wildman–Crippen MR) is 129 cm³/mol. The molecule has 2 saturated heterocycles. The molecule has 2 heterocycles. The first-order chi connectivity index (χ1) is 16.4. The normalized spacial score (nSPS) is 29.9. The Morgan fingerprint density at radius 1 is 1.06 bits per heavy atom. The molecule has 186 valence electrons. The van der Waals surface area contributed by atoms with Crippen molar-refractivity contribution in [3.8, 4) is 0 Å². The summed E-state index contributed by atoms with van der Waals surface area (Å²) in [7, 11) is 3.36. The zero-order chi connectivity index (χ0) is 24.2. The number of methoxy groups -OCH3 is 1. The summed E-state index contributed by atoms with van der Waals surface area (Å²) in [5.41, 5.74) is 2.47. The Morgan fingerprint density at radius 3 is 2.59 bits per heavy atom. The molecule has 8 nitrogen and oxygen atoms in total. The van der Waals surface area contributed by atoms with E-state index in [9.17, 15) is 14.4 Å². The van der Waals surface area contributed by atoms with Crippen molar-refractivity contribution in [3.05, 3.63) is 35.4 Å². The Hall–Kier alpha value is -2.45. The van der Waals surface area contributed by atoms with Crippen LogP contribution in [-0.4, -0.2) is 67.1 Å². The van der Waals surface area contributed by atoms with Gasteiger partial charge in [-0.1, -0.05) is 24.3 Å². The highest BCUT2D eigenvalue weighted by atomic mass is 16.5. The summed E-state index contributed by atoms with van der Waals surface area (Å²) in [4.78, 5) is 41.6. The molecule has 0 radical (unpaired) electrons. The van der Waals surface area contributed by atoms with E-state index >= 15 is 0 Å². The number of aryl methyl sites for hydroxylation is 1. The van der Waals surface area contributed by atoms with Crippen molar-refractivity contribution in [1.82, 2.24) is 20.9 Å². The zero-order valence-corrected chi connectivity index (χ0v) is 20.5. The van der Waals surface area contributed by atoms with E-state index in [4.69, 9.17) is 4.74 Å². The monoisotopic (exact) mass is 470 g/mol. The van der Waals surface area contributed by atoms with Crippen LogP contribution in [0.2, 0.25) is 0 Å². The highest BCUT2D eigenvalue weighted by Gasteiger charge is 2.45. The van der Waals surface area contributed by atoms with Crippen molar-refractivity contribution in [3.63, 3.8) is 0 Å². The fourth-order valence-corrected chi connectivity index (χ4v) is 5.73. The van der Waals surface area contributed by atoms with Crippen molar-refractivity contribution in [2.45, 2.75) is 94.6 Å². The van der Waals surface area contributed by atoms with Crippen molar-refractivity contribution in [2.24, 2.45) is 0 Å². The Morgan fingerprint density at radius 2 is 1.82 bits per heavy atom. The van der Waals surface area contributed by atoms with Crippen LogP contribution in [-0.2, 0) is 25.5 Å². The van der Waals surface area contributed by atoms with Crippen LogP contribution < -0.4 is 16.0 Å². The zero-order valence-electron chi connectivity index (χ0n) is 20.5. The number of hydrogen-bond acceptors (Lipinski definition) is 5. The van der Waals surface area contributed by atoms with E-state index in [2.05, 4.69) is 28.1 Å². The molecular weight excluding hydrogens is 432 g/mol. The van der Waals surface area contributed by atoms with Crippen molar-refractivity contribution >= 4 is 17.7 Å². The van der Waals surface area contributed by atoms with Gasteiger partial charge in [-0.15, -0.1) is 0 Å². The molecule has 0 spiro atoms. The molecule has 1 aliphatic carbocycles. The average molecular weight is 471 g/mol. The minimum absolute atomic E-state index is 0.0130. The number of carbonyl (C=O) groups is 3. The topological polar surface area (TPSA) is 99.8 Å². The fourth-order valence-electron chi connectivity index (χ4n) is 5.73. The van der Waals surface area contributed by atoms with E-state index in [1.54, 1.807) is 26.0 Å². The summed E-state index contributed by atoms with van der Waals surface area (Å²) in [6.45, 7) is 1.76. The molecule has 34 heavy (non-hydrogen) atoms. The van der Waals surface area contributed by atoms with Gasteiger partial charge in [0.15, 0.2) is 0 Å². The summed E-state index contributed by atoms with van der Waals surface area (Å²) < 4.78 is 5.61. The smallest absolute Gasteiger partial charge is 0.246 e. The van der Waals surface area contributed by atoms with Gasteiger partial charge >= 0.3 is 0 Å². The van der Waals surface area contributed by atoms with Crippen LogP contribution in [0.1, 0.15) is 69.0 Å². The number of ether oxygens (including phenoxy) is 1. The first kappa shape index (κ1) is 24.7. The molecule has 3 aliphatic rings. The number of nitrogens with zero attached hydrogens (tertiary/aromatic N) is 1. The van der Waals surface area contributed by atoms with Gasteiger partial charge in [0.2, 0.25) is 17.7 Å². The largest absolute Gasteiger partial charge is 0.381 e. The maximum absolute atomic E-state index is 13.7. The summed E-state index contributed by atoms with van der Waals surface area (Å²) in [5, 5.41) is 9.09. The molecule has 4 rings (SSSR count). The second-order valence-corrected chi connectivity index (χ2v) is 9.89. The van der Waals surface area contributed by atoms with Crippen molar-refractivity contribution in [1.29, 1.82) is 0 Å². The van der Waals surface area contributed by atoms with E-state index in [-0.39, 0.29) is 35.9 Å². The standard InChI is InChI=1S/C26H38N4O4/c1-16(27-2)24(31)29-22-15-19(34-3)13-11-18-12-14-23(30(18)26(22)33)25(32)28-21-10-6-8-17-7-4-5-9-20(17)21/h4-5,7,9,16,18-19,21-23,27H,6,8,10-15H2,1-3H3,(H,28,32)(H,29,31)/t16-,18-,19-,21+,22-,23-/m0/s1. The molecule has 2 fully saturated rings. The van der Waals surface area contributed by atoms with Gasteiger partial charge < -0.3 is 25.6 Å². The van der Waals surface area contributed by atoms with E-state index in [1.807, 2.05) is 12.1 Å². The molecule has 3 N–H and O–H groups in total. The predicted octanol–water partition coefficient (Wildman–Crippen LogP) is 1.83. The maximum Gasteiger partial charge on any atom is 0.246 e. The van der Waals surface area contributed by atoms with Crippen LogP contribution in [0, 0.1) is 0 Å². The third-order valence-corrected chi connectivity index (χ3v) is 7.84. The van der Waals surface area contributed by atoms with Crippen LogP contribution in [0.3, 0.4) is 0 Å². The molecule has 2 aliphatic heterocycles. The second kappa shape index (κ2) is 10.9. The molecule has 1 aromatic rings. The molecule has 6 atom stereocenters. The summed E-state index contributed by atoms with van der Waals surface area (Å²) in [6.07, 6.45) is 6.30. The van der Waals surface area contributed by atoms with Crippen LogP contribution >= 0.6 is 0 Å². The quantitative estimate of drug-likeness (QED) is 0.589. The molecule has 1 aromatic carbocycles. The minimum atomic E-state index is -0.708. The van der Waals surface area contributed by atoms with Gasteiger partial charge in [-0.25, -0.2) is 0 Å².